The lowest BCUT2D eigenvalue weighted by Crippen LogP contribution is -2.28. The third-order valence-corrected chi connectivity index (χ3v) is 4.23. The van der Waals surface area contributed by atoms with Crippen LogP contribution in [0.3, 0.4) is 0 Å². The first-order valence-corrected chi connectivity index (χ1v) is 7.67. The van der Waals surface area contributed by atoms with Gasteiger partial charge in [-0.25, -0.2) is 4.98 Å². The lowest BCUT2D eigenvalue weighted by molar-refractivity contribution is -0.123. The molecule has 1 aliphatic rings. The minimum absolute atomic E-state index is 0.107. The van der Waals surface area contributed by atoms with Crippen molar-refractivity contribution in [3.8, 4) is 11.5 Å². The summed E-state index contributed by atoms with van der Waals surface area (Å²) in [6.07, 6.45) is 0.154. The van der Waals surface area contributed by atoms with Gasteiger partial charge < -0.3 is 15.1 Å². The molecule has 0 unspecified atom stereocenters. The number of anilines is 1. The molecular weight excluding hydrogens is 306 g/mol. The van der Waals surface area contributed by atoms with Gasteiger partial charge in [0.25, 0.3) is 0 Å². The van der Waals surface area contributed by atoms with Gasteiger partial charge in [-0.05, 0) is 30.3 Å². The van der Waals surface area contributed by atoms with Crippen molar-refractivity contribution in [3.05, 3.63) is 48.5 Å². The fourth-order valence-electron chi connectivity index (χ4n) is 2.94. The van der Waals surface area contributed by atoms with Gasteiger partial charge in [0.1, 0.15) is 5.52 Å². The summed E-state index contributed by atoms with van der Waals surface area (Å²) in [4.78, 5) is 29.5. The first-order chi connectivity index (χ1) is 11.6. The van der Waals surface area contributed by atoms with Gasteiger partial charge in [-0.2, -0.15) is 0 Å². The molecular formula is C18H15N3O3. The normalized spacial score (nSPS) is 17.6. The second-order valence-corrected chi connectivity index (χ2v) is 5.84. The number of benzene rings is 2. The molecule has 0 spiro atoms. The highest BCUT2D eigenvalue weighted by molar-refractivity contribution is 6.01. The van der Waals surface area contributed by atoms with Crippen molar-refractivity contribution in [2.24, 2.45) is 11.7 Å². The molecule has 1 atom stereocenters. The predicted octanol–water partition coefficient (Wildman–Crippen LogP) is 2.33. The van der Waals surface area contributed by atoms with Crippen molar-refractivity contribution in [2.75, 3.05) is 11.4 Å². The molecule has 3 aromatic rings. The Morgan fingerprint density at radius 2 is 2.00 bits per heavy atom. The van der Waals surface area contributed by atoms with E-state index in [0.29, 0.717) is 29.2 Å². The van der Waals surface area contributed by atoms with E-state index in [1.165, 1.54) is 0 Å². The van der Waals surface area contributed by atoms with E-state index in [1.54, 1.807) is 23.1 Å². The molecule has 2 heterocycles. The fraction of sp³-hybridized carbons (Fsp3) is 0.167. The number of carbonyl (C=O) groups is 2. The van der Waals surface area contributed by atoms with Crippen LogP contribution in [0.15, 0.2) is 52.9 Å². The van der Waals surface area contributed by atoms with Crippen LogP contribution in [0.25, 0.3) is 22.6 Å². The molecule has 24 heavy (non-hydrogen) atoms. The van der Waals surface area contributed by atoms with Crippen LogP contribution in [-0.2, 0) is 9.59 Å². The lowest BCUT2D eigenvalue weighted by atomic mass is 10.1. The van der Waals surface area contributed by atoms with Gasteiger partial charge >= 0.3 is 0 Å². The molecule has 1 saturated heterocycles. The summed E-state index contributed by atoms with van der Waals surface area (Å²) in [5.41, 5.74) is 8.22. The first kappa shape index (κ1) is 14.4. The third kappa shape index (κ3) is 2.42. The van der Waals surface area contributed by atoms with Gasteiger partial charge in [-0.3, -0.25) is 9.59 Å². The van der Waals surface area contributed by atoms with E-state index in [1.807, 2.05) is 30.3 Å². The topological polar surface area (TPSA) is 89.4 Å². The Bertz CT molecular complexity index is 933. The number of hydrogen-bond acceptors (Lipinski definition) is 4. The fourth-order valence-corrected chi connectivity index (χ4v) is 2.94. The summed E-state index contributed by atoms with van der Waals surface area (Å²) in [7, 11) is 0. The van der Waals surface area contributed by atoms with Gasteiger partial charge in [0.15, 0.2) is 5.58 Å². The summed E-state index contributed by atoms with van der Waals surface area (Å²) in [5, 5.41) is 0. The molecule has 120 valence electrons. The van der Waals surface area contributed by atoms with Crippen LogP contribution < -0.4 is 10.6 Å². The molecule has 0 radical (unpaired) electrons. The number of amides is 2. The van der Waals surface area contributed by atoms with Crippen LogP contribution in [0.1, 0.15) is 6.42 Å². The maximum Gasteiger partial charge on any atom is 0.227 e. The lowest BCUT2D eigenvalue weighted by Gasteiger charge is -2.15. The number of primary amides is 1. The van der Waals surface area contributed by atoms with Crippen LogP contribution in [0.5, 0.6) is 0 Å². The van der Waals surface area contributed by atoms with Crippen LogP contribution >= 0.6 is 0 Å². The molecule has 6 heteroatoms. The molecule has 2 aromatic carbocycles. The average Bonchev–Trinajstić information content (AvgIpc) is 3.18. The molecule has 6 nitrogen and oxygen atoms in total. The van der Waals surface area contributed by atoms with Crippen LogP contribution in [0.4, 0.5) is 5.69 Å². The van der Waals surface area contributed by atoms with Gasteiger partial charge in [-0.15, -0.1) is 0 Å². The predicted molar refractivity (Wildman–Crippen MR) is 89.1 cm³/mol. The number of nitrogens with two attached hydrogens (primary N) is 1. The van der Waals surface area contributed by atoms with E-state index >= 15 is 0 Å². The van der Waals surface area contributed by atoms with Crippen molar-refractivity contribution in [1.82, 2.24) is 4.98 Å². The molecule has 1 fully saturated rings. The minimum atomic E-state index is -0.445. The number of nitrogens with zero attached hydrogens (tertiary/aromatic N) is 2. The Hall–Kier alpha value is -3.15. The number of carbonyl (C=O) groups excluding carboxylic acids is 2. The van der Waals surface area contributed by atoms with E-state index in [9.17, 15) is 9.59 Å². The first-order valence-electron chi connectivity index (χ1n) is 7.67. The van der Waals surface area contributed by atoms with E-state index in [2.05, 4.69) is 4.98 Å². The molecule has 2 N–H and O–H groups in total. The second-order valence-electron chi connectivity index (χ2n) is 5.84. The highest BCUT2D eigenvalue weighted by Crippen LogP contribution is 2.30. The number of oxazole rings is 1. The van der Waals surface area contributed by atoms with Crippen molar-refractivity contribution >= 4 is 28.6 Å². The summed E-state index contributed by atoms with van der Waals surface area (Å²) >= 11 is 0. The number of fused-ring (bicyclic) bond motifs is 1. The minimum Gasteiger partial charge on any atom is -0.436 e. The molecule has 1 aliphatic heterocycles. The zero-order chi connectivity index (χ0) is 16.7. The molecule has 0 aliphatic carbocycles. The number of aromatic nitrogens is 1. The van der Waals surface area contributed by atoms with Crippen molar-refractivity contribution in [3.63, 3.8) is 0 Å². The van der Waals surface area contributed by atoms with Crippen molar-refractivity contribution in [1.29, 1.82) is 0 Å². The maximum atomic E-state index is 12.1. The standard InChI is InChI=1S/C18H15N3O3/c19-17(23)12-8-16(22)21(10-12)13-6-7-15-14(9-13)20-18(24-15)11-4-2-1-3-5-11/h1-7,9,12H,8,10H2,(H2,19,23)/t12-/m1/s1. The van der Waals surface area contributed by atoms with Gasteiger partial charge in [0, 0.05) is 24.2 Å². The largest absolute Gasteiger partial charge is 0.436 e. The second kappa shape index (κ2) is 5.49. The Balaban J connectivity index is 1.69. The van der Waals surface area contributed by atoms with Crippen LogP contribution in [-0.4, -0.2) is 23.3 Å². The highest BCUT2D eigenvalue weighted by Gasteiger charge is 2.34. The van der Waals surface area contributed by atoms with Crippen LogP contribution in [0, 0.1) is 5.92 Å². The average molecular weight is 321 g/mol. The summed E-state index contributed by atoms with van der Waals surface area (Å²) in [5.74, 6) is -0.458. The van der Waals surface area contributed by atoms with Gasteiger partial charge in [-0.1, -0.05) is 18.2 Å². The Kier molecular flexibility index (Phi) is 3.30. The Morgan fingerprint density at radius 1 is 1.21 bits per heavy atom. The number of hydrogen-bond donors (Lipinski definition) is 1. The zero-order valence-electron chi connectivity index (χ0n) is 12.8. The smallest absolute Gasteiger partial charge is 0.227 e. The summed E-state index contributed by atoms with van der Waals surface area (Å²) < 4.78 is 5.77. The third-order valence-electron chi connectivity index (χ3n) is 4.23. The Morgan fingerprint density at radius 3 is 2.71 bits per heavy atom. The maximum absolute atomic E-state index is 12.1. The molecule has 2 amide bonds. The summed E-state index contributed by atoms with van der Waals surface area (Å²) in [6, 6.07) is 15.0. The van der Waals surface area contributed by atoms with E-state index in [-0.39, 0.29) is 12.3 Å². The van der Waals surface area contributed by atoms with Crippen molar-refractivity contribution in [2.45, 2.75) is 6.42 Å². The van der Waals surface area contributed by atoms with Gasteiger partial charge in [0.2, 0.25) is 17.7 Å². The summed E-state index contributed by atoms with van der Waals surface area (Å²) in [6.45, 7) is 0.309. The molecule has 4 rings (SSSR count). The van der Waals surface area contributed by atoms with E-state index < -0.39 is 11.8 Å². The molecule has 0 saturated carbocycles. The Labute approximate surface area is 137 Å². The highest BCUT2D eigenvalue weighted by atomic mass is 16.3. The van der Waals surface area contributed by atoms with E-state index in [0.717, 1.165) is 5.56 Å². The van der Waals surface area contributed by atoms with Gasteiger partial charge in [0.05, 0.1) is 5.92 Å². The zero-order valence-corrected chi connectivity index (χ0v) is 12.8. The molecule has 0 bridgehead atoms. The molecule has 1 aromatic heterocycles. The SMILES string of the molecule is NC(=O)[C@@H]1CC(=O)N(c2ccc3oc(-c4ccccc4)nc3c2)C1. The van der Waals surface area contributed by atoms with Crippen LogP contribution in [0.2, 0.25) is 0 Å². The number of rotatable bonds is 3. The monoisotopic (exact) mass is 321 g/mol. The quantitative estimate of drug-likeness (QED) is 0.801. The van der Waals surface area contributed by atoms with Crippen molar-refractivity contribution < 1.29 is 14.0 Å². The van der Waals surface area contributed by atoms with E-state index in [4.69, 9.17) is 10.2 Å².